The number of nitrogens with zero attached hydrogens (tertiary/aromatic N) is 7. The lowest BCUT2D eigenvalue weighted by Gasteiger charge is -2.42. The number of rotatable bonds is 3. The molecule has 0 saturated carbocycles. The molecule has 29 heavy (non-hydrogen) atoms. The number of hydrogen-bond donors (Lipinski definition) is 1. The Hall–Kier alpha value is -3.01. The predicted octanol–water partition coefficient (Wildman–Crippen LogP) is 0.864. The fraction of sp³-hybridized carbons (Fsp3) is 0.526. The van der Waals surface area contributed by atoms with Crippen molar-refractivity contribution in [3.63, 3.8) is 0 Å². The molecule has 3 amide bonds. The van der Waals surface area contributed by atoms with Crippen LogP contribution in [-0.2, 0) is 11.8 Å². The van der Waals surface area contributed by atoms with Gasteiger partial charge in [-0.05, 0) is 25.8 Å². The van der Waals surface area contributed by atoms with Crippen LogP contribution in [0.1, 0.15) is 18.5 Å². The average molecular weight is 398 g/mol. The van der Waals surface area contributed by atoms with Crippen LogP contribution in [0.15, 0.2) is 24.7 Å². The molecule has 0 spiro atoms. The second-order valence-electron chi connectivity index (χ2n) is 7.46. The number of carbonyl (C=O) groups excluding carboxylic acids is 2. The van der Waals surface area contributed by atoms with Crippen molar-refractivity contribution < 1.29 is 9.59 Å². The first-order chi connectivity index (χ1) is 14.0. The molecule has 2 saturated heterocycles. The van der Waals surface area contributed by atoms with Crippen molar-refractivity contribution in [3.05, 3.63) is 30.4 Å². The van der Waals surface area contributed by atoms with Gasteiger partial charge in [0.25, 0.3) is 0 Å². The predicted molar refractivity (Wildman–Crippen MR) is 108 cm³/mol. The first kappa shape index (κ1) is 19.3. The van der Waals surface area contributed by atoms with E-state index in [1.54, 1.807) is 21.8 Å². The van der Waals surface area contributed by atoms with Crippen molar-refractivity contribution in [1.29, 1.82) is 0 Å². The van der Waals surface area contributed by atoms with E-state index in [1.165, 1.54) is 6.33 Å². The summed E-state index contributed by atoms with van der Waals surface area (Å²) < 4.78 is 1.77. The zero-order valence-electron chi connectivity index (χ0n) is 16.8. The van der Waals surface area contributed by atoms with Gasteiger partial charge >= 0.3 is 6.03 Å². The summed E-state index contributed by atoms with van der Waals surface area (Å²) in [6.07, 6.45) is 4.79. The Bertz CT molecular complexity index is 876. The summed E-state index contributed by atoms with van der Waals surface area (Å²) in [5, 5.41) is 7.16. The van der Waals surface area contributed by atoms with E-state index in [1.807, 2.05) is 24.9 Å². The van der Waals surface area contributed by atoms with E-state index in [4.69, 9.17) is 0 Å². The molecule has 4 heterocycles. The molecule has 2 aromatic heterocycles. The summed E-state index contributed by atoms with van der Waals surface area (Å²) in [4.78, 5) is 39.3. The van der Waals surface area contributed by atoms with Crippen LogP contribution in [0.25, 0.3) is 0 Å². The van der Waals surface area contributed by atoms with Gasteiger partial charge in [-0.3, -0.25) is 24.6 Å². The highest BCUT2D eigenvalue weighted by atomic mass is 16.2. The van der Waals surface area contributed by atoms with Crippen LogP contribution >= 0.6 is 0 Å². The molecule has 10 heteroatoms. The van der Waals surface area contributed by atoms with Gasteiger partial charge in [0.15, 0.2) is 0 Å². The topological polar surface area (TPSA) is 99.5 Å². The van der Waals surface area contributed by atoms with E-state index >= 15 is 0 Å². The van der Waals surface area contributed by atoms with Crippen molar-refractivity contribution in [2.24, 2.45) is 7.05 Å². The van der Waals surface area contributed by atoms with Gasteiger partial charge in [-0.1, -0.05) is 0 Å². The highest BCUT2D eigenvalue weighted by Crippen LogP contribution is 2.25. The Morgan fingerprint density at radius 3 is 2.66 bits per heavy atom. The second-order valence-corrected chi connectivity index (χ2v) is 7.46. The van der Waals surface area contributed by atoms with Crippen LogP contribution in [0.3, 0.4) is 0 Å². The molecule has 154 valence electrons. The highest BCUT2D eigenvalue weighted by Gasteiger charge is 2.36. The molecule has 4 rings (SSSR count). The Labute approximate surface area is 169 Å². The van der Waals surface area contributed by atoms with Crippen molar-refractivity contribution in [2.45, 2.75) is 25.8 Å². The number of amides is 3. The number of hydrogen-bond acceptors (Lipinski definition) is 6. The monoisotopic (exact) mass is 398 g/mol. The quantitative estimate of drug-likeness (QED) is 0.823. The molecule has 0 bridgehead atoms. The van der Waals surface area contributed by atoms with E-state index in [0.29, 0.717) is 32.0 Å². The third-order valence-corrected chi connectivity index (χ3v) is 5.52. The Balaban J connectivity index is 1.36. The van der Waals surface area contributed by atoms with E-state index in [9.17, 15) is 9.59 Å². The Morgan fingerprint density at radius 1 is 1.21 bits per heavy atom. The number of urea groups is 1. The maximum absolute atomic E-state index is 13.2. The van der Waals surface area contributed by atoms with Gasteiger partial charge < -0.3 is 4.90 Å². The first-order valence-corrected chi connectivity index (χ1v) is 9.91. The molecule has 0 radical (unpaired) electrons. The molecule has 0 aliphatic carbocycles. The van der Waals surface area contributed by atoms with Gasteiger partial charge in [-0.15, -0.1) is 0 Å². The molecule has 10 nitrogen and oxygen atoms in total. The fourth-order valence-corrected chi connectivity index (χ4v) is 4.06. The Morgan fingerprint density at radius 2 is 2.00 bits per heavy atom. The SMILES string of the molecule is Cc1cc(N2CCCC(N3CCN(C(=O)Nc4ccncn4)CC3)C2=O)n(C)n1. The normalized spacial score (nSPS) is 20.8. The summed E-state index contributed by atoms with van der Waals surface area (Å²) in [6, 6.07) is 3.29. The van der Waals surface area contributed by atoms with Gasteiger partial charge in [-0.25, -0.2) is 14.8 Å². The van der Waals surface area contributed by atoms with Crippen molar-refractivity contribution in [1.82, 2.24) is 29.5 Å². The lowest BCUT2D eigenvalue weighted by Crippen LogP contribution is -2.59. The lowest BCUT2D eigenvalue weighted by atomic mass is 10.0. The van der Waals surface area contributed by atoms with Crippen LogP contribution in [0.2, 0.25) is 0 Å². The lowest BCUT2D eigenvalue weighted by molar-refractivity contribution is -0.126. The summed E-state index contributed by atoms with van der Waals surface area (Å²) in [5.74, 6) is 1.45. The summed E-state index contributed by atoms with van der Waals surface area (Å²) >= 11 is 0. The summed E-state index contributed by atoms with van der Waals surface area (Å²) in [7, 11) is 1.87. The molecule has 2 fully saturated rings. The standard InChI is InChI=1S/C19H26N8O2/c1-14-12-17(24(2)23-14)27-7-3-4-15(18(27)28)25-8-10-26(11-9-25)19(29)22-16-5-6-20-13-21-16/h5-6,12-13,15H,3-4,7-11H2,1-2H3,(H,20,21,22,29). The molecular formula is C19H26N8O2. The first-order valence-electron chi connectivity index (χ1n) is 9.91. The zero-order valence-corrected chi connectivity index (χ0v) is 16.8. The number of nitrogens with one attached hydrogen (secondary N) is 1. The Kier molecular flexibility index (Phi) is 5.43. The van der Waals surface area contributed by atoms with E-state index in [2.05, 4.69) is 25.3 Å². The zero-order chi connectivity index (χ0) is 20.4. The van der Waals surface area contributed by atoms with Gasteiger partial charge in [0.1, 0.15) is 18.0 Å². The minimum Gasteiger partial charge on any atom is -0.322 e. The van der Waals surface area contributed by atoms with Gasteiger partial charge in [0.2, 0.25) is 5.91 Å². The minimum atomic E-state index is -0.176. The van der Waals surface area contributed by atoms with Crippen LogP contribution in [-0.4, -0.2) is 80.3 Å². The van der Waals surface area contributed by atoms with Crippen molar-refractivity contribution in [3.8, 4) is 0 Å². The van der Waals surface area contributed by atoms with Gasteiger partial charge in [0, 0.05) is 52.0 Å². The summed E-state index contributed by atoms with van der Waals surface area (Å²) in [6.45, 7) is 5.14. The van der Waals surface area contributed by atoms with Crippen molar-refractivity contribution >= 4 is 23.6 Å². The van der Waals surface area contributed by atoms with Crippen LogP contribution < -0.4 is 10.2 Å². The molecule has 0 aromatic carbocycles. The molecular weight excluding hydrogens is 372 g/mol. The number of anilines is 2. The van der Waals surface area contributed by atoms with Crippen LogP contribution in [0.5, 0.6) is 0 Å². The molecule has 2 aliphatic rings. The molecule has 2 aromatic rings. The van der Waals surface area contributed by atoms with Crippen molar-refractivity contribution in [2.75, 3.05) is 42.9 Å². The number of aryl methyl sites for hydroxylation is 2. The van der Waals surface area contributed by atoms with E-state index < -0.39 is 0 Å². The minimum absolute atomic E-state index is 0.123. The number of piperidine rings is 1. The number of carbonyl (C=O) groups is 2. The molecule has 1 atom stereocenters. The molecule has 1 unspecified atom stereocenters. The number of aromatic nitrogens is 4. The maximum atomic E-state index is 13.2. The van der Waals surface area contributed by atoms with E-state index in [-0.39, 0.29) is 18.0 Å². The van der Waals surface area contributed by atoms with Gasteiger partial charge in [-0.2, -0.15) is 5.10 Å². The van der Waals surface area contributed by atoms with Gasteiger partial charge in [0.05, 0.1) is 11.7 Å². The average Bonchev–Trinajstić information content (AvgIpc) is 3.07. The van der Waals surface area contributed by atoms with Crippen LogP contribution in [0.4, 0.5) is 16.4 Å². The van der Waals surface area contributed by atoms with E-state index in [0.717, 1.165) is 30.9 Å². The smallest absolute Gasteiger partial charge is 0.322 e. The fourth-order valence-electron chi connectivity index (χ4n) is 4.06. The molecule has 2 aliphatic heterocycles. The largest absolute Gasteiger partial charge is 0.323 e. The third kappa shape index (κ3) is 4.07. The highest BCUT2D eigenvalue weighted by molar-refractivity contribution is 5.97. The molecule has 1 N–H and O–H groups in total. The third-order valence-electron chi connectivity index (χ3n) is 5.52. The summed E-state index contributed by atoms with van der Waals surface area (Å²) in [5.41, 5.74) is 0.903. The second kappa shape index (κ2) is 8.16. The van der Waals surface area contributed by atoms with Crippen LogP contribution in [0, 0.1) is 6.92 Å². The maximum Gasteiger partial charge on any atom is 0.323 e. The number of piperazine rings is 1.